The lowest BCUT2D eigenvalue weighted by Gasteiger charge is -2.22. The van der Waals surface area contributed by atoms with Gasteiger partial charge < -0.3 is 5.32 Å². The van der Waals surface area contributed by atoms with Crippen LogP contribution in [-0.2, 0) is 10.0 Å². The van der Waals surface area contributed by atoms with Crippen molar-refractivity contribution in [1.82, 2.24) is 10.0 Å². The van der Waals surface area contributed by atoms with Gasteiger partial charge in [-0.1, -0.05) is 11.6 Å². The quantitative estimate of drug-likeness (QED) is 0.891. The van der Waals surface area contributed by atoms with Crippen LogP contribution >= 0.6 is 11.6 Å². The zero-order chi connectivity index (χ0) is 13.9. The summed E-state index contributed by atoms with van der Waals surface area (Å²) in [5, 5.41) is 3.12. The van der Waals surface area contributed by atoms with Gasteiger partial charge in [-0.3, -0.25) is 0 Å². The van der Waals surface area contributed by atoms with Gasteiger partial charge in [-0.05, 0) is 50.0 Å². The molecule has 0 unspecified atom stereocenters. The Balaban J connectivity index is 2.05. The molecular weight excluding hydrogens is 291 g/mol. The number of sulfonamides is 1. The summed E-state index contributed by atoms with van der Waals surface area (Å²) in [7, 11) is -3.68. The number of halogens is 2. The van der Waals surface area contributed by atoms with E-state index in [1.165, 1.54) is 6.07 Å². The Morgan fingerprint density at radius 1 is 1.47 bits per heavy atom. The molecule has 19 heavy (non-hydrogen) atoms. The number of piperidine rings is 1. The first-order chi connectivity index (χ1) is 8.99. The first-order valence-corrected chi connectivity index (χ1v) is 8.00. The fraction of sp³-hybridized carbons (Fsp3) is 0.500. The molecule has 0 amide bonds. The third-order valence-corrected chi connectivity index (χ3v) is 5.05. The maximum absolute atomic E-state index is 12.9. The van der Waals surface area contributed by atoms with Crippen LogP contribution in [-0.4, -0.2) is 28.1 Å². The van der Waals surface area contributed by atoms with Crippen LogP contribution in [0.3, 0.4) is 0 Å². The van der Waals surface area contributed by atoms with Crippen molar-refractivity contribution in [3.8, 4) is 0 Å². The predicted molar refractivity (Wildman–Crippen MR) is 72.2 cm³/mol. The normalized spacial score (nSPS) is 20.4. The molecule has 0 bridgehead atoms. The van der Waals surface area contributed by atoms with Crippen LogP contribution < -0.4 is 10.0 Å². The lowest BCUT2D eigenvalue weighted by molar-refractivity contribution is 0.376. The lowest BCUT2D eigenvalue weighted by atomic mass is 10.0. The maximum atomic E-state index is 12.9. The minimum absolute atomic E-state index is 0.0839. The predicted octanol–water partition coefficient (Wildman–Crippen LogP) is 1.76. The summed E-state index contributed by atoms with van der Waals surface area (Å²) in [4.78, 5) is -0.0839. The largest absolute Gasteiger partial charge is 0.316 e. The monoisotopic (exact) mass is 306 g/mol. The van der Waals surface area contributed by atoms with Crippen LogP contribution in [0.5, 0.6) is 0 Å². The van der Waals surface area contributed by atoms with Gasteiger partial charge in [0, 0.05) is 6.54 Å². The van der Waals surface area contributed by atoms with E-state index in [-0.39, 0.29) is 15.8 Å². The fourth-order valence-corrected chi connectivity index (χ4v) is 3.74. The third kappa shape index (κ3) is 3.89. The summed E-state index contributed by atoms with van der Waals surface area (Å²) in [5.41, 5.74) is 0. The topological polar surface area (TPSA) is 58.2 Å². The minimum atomic E-state index is -3.68. The Bertz CT molecular complexity index is 545. The molecule has 1 aliphatic rings. The fourth-order valence-electron chi connectivity index (χ4n) is 2.10. The Morgan fingerprint density at radius 3 is 2.89 bits per heavy atom. The van der Waals surface area contributed by atoms with E-state index in [4.69, 9.17) is 11.6 Å². The van der Waals surface area contributed by atoms with E-state index in [1.54, 1.807) is 0 Å². The molecule has 0 aromatic heterocycles. The van der Waals surface area contributed by atoms with Crippen LogP contribution in [0.25, 0.3) is 0 Å². The molecule has 1 heterocycles. The van der Waals surface area contributed by atoms with Gasteiger partial charge in [-0.15, -0.1) is 0 Å². The molecule has 2 N–H and O–H groups in total. The Hall–Kier alpha value is -0.690. The molecule has 1 aliphatic heterocycles. The van der Waals surface area contributed by atoms with E-state index >= 15 is 0 Å². The van der Waals surface area contributed by atoms with Crippen molar-refractivity contribution in [3.63, 3.8) is 0 Å². The van der Waals surface area contributed by atoms with Crippen LogP contribution in [0.2, 0.25) is 5.02 Å². The highest BCUT2D eigenvalue weighted by molar-refractivity contribution is 7.89. The number of hydrogen-bond donors (Lipinski definition) is 2. The van der Waals surface area contributed by atoms with Crippen LogP contribution in [0, 0.1) is 11.7 Å². The Labute approximate surface area is 117 Å². The molecule has 1 aromatic rings. The van der Waals surface area contributed by atoms with Crippen molar-refractivity contribution in [2.24, 2.45) is 5.92 Å². The second-order valence-corrected chi connectivity index (χ2v) is 6.78. The van der Waals surface area contributed by atoms with Crippen LogP contribution in [0.4, 0.5) is 4.39 Å². The van der Waals surface area contributed by atoms with E-state index in [2.05, 4.69) is 10.0 Å². The molecule has 0 saturated carbocycles. The summed E-state index contributed by atoms with van der Waals surface area (Å²) in [6, 6.07) is 3.26. The van der Waals surface area contributed by atoms with E-state index in [0.717, 1.165) is 38.1 Å². The molecule has 1 fully saturated rings. The number of benzene rings is 1. The first kappa shape index (κ1) is 14.7. The van der Waals surface area contributed by atoms with Gasteiger partial charge in [-0.25, -0.2) is 17.5 Å². The third-order valence-electron chi connectivity index (χ3n) is 3.14. The van der Waals surface area contributed by atoms with Gasteiger partial charge in [0.1, 0.15) is 10.7 Å². The lowest BCUT2D eigenvalue weighted by Crippen LogP contribution is -2.38. The average molecular weight is 307 g/mol. The van der Waals surface area contributed by atoms with Crippen LogP contribution in [0.15, 0.2) is 23.1 Å². The SMILES string of the molecule is O=S(=O)(NC[C@H]1CCCNC1)c1ccc(F)cc1Cl. The summed E-state index contributed by atoms with van der Waals surface area (Å²) in [6.45, 7) is 2.15. The van der Waals surface area contributed by atoms with Crippen LogP contribution in [0.1, 0.15) is 12.8 Å². The van der Waals surface area contributed by atoms with E-state index in [1.807, 2.05) is 0 Å². The summed E-state index contributed by atoms with van der Waals surface area (Å²) in [6.07, 6.45) is 2.04. The number of hydrogen-bond acceptors (Lipinski definition) is 3. The molecular formula is C12H16ClFN2O2S. The molecule has 0 spiro atoms. The summed E-state index contributed by atoms with van der Waals surface area (Å²) >= 11 is 5.76. The van der Waals surface area contributed by atoms with E-state index < -0.39 is 15.8 Å². The zero-order valence-electron chi connectivity index (χ0n) is 10.3. The van der Waals surface area contributed by atoms with E-state index in [0.29, 0.717) is 6.54 Å². The van der Waals surface area contributed by atoms with Gasteiger partial charge >= 0.3 is 0 Å². The van der Waals surface area contributed by atoms with Crippen molar-refractivity contribution in [1.29, 1.82) is 0 Å². The molecule has 0 aliphatic carbocycles. The van der Waals surface area contributed by atoms with Gasteiger partial charge in [0.15, 0.2) is 0 Å². The smallest absolute Gasteiger partial charge is 0.242 e. The highest BCUT2D eigenvalue weighted by atomic mass is 35.5. The highest BCUT2D eigenvalue weighted by Crippen LogP contribution is 2.22. The standard InChI is InChI=1S/C12H16ClFN2O2S/c13-11-6-10(14)3-4-12(11)19(17,18)16-8-9-2-1-5-15-7-9/h3-4,6,9,15-16H,1-2,5,7-8H2/t9-/m0/s1. The summed E-state index contributed by atoms with van der Waals surface area (Å²) in [5.74, 6) is -0.275. The summed E-state index contributed by atoms with van der Waals surface area (Å²) < 4.78 is 39.6. The second-order valence-electron chi connectivity index (χ2n) is 4.64. The van der Waals surface area contributed by atoms with Crippen molar-refractivity contribution in [3.05, 3.63) is 29.0 Å². The highest BCUT2D eigenvalue weighted by Gasteiger charge is 2.21. The van der Waals surface area contributed by atoms with Gasteiger partial charge in [0.05, 0.1) is 5.02 Å². The van der Waals surface area contributed by atoms with Crippen molar-refractivity contribution >= 4 is 21.6 Å². The molecule has 4 nitrogen and oxygen atoms in total. The molecule has 106 valence electrons. The van der Waals surface area contributed by atoms with Crippen molar-refractivity contribution in [2.75, 3.05) is 19.6 Å². The average Bonchev–Trinajstić information content (AvgIpc) is 2.37. The van der Waals surface area contributed by atoms with E-state index in [9.17, 15) is 12.8 Å². The zero-order valence-corrected chi connectivity index (χ0v) is 11.9. The Morgan fingerprint density at radius 2 is 2.26 bits per heavy atom. The molecule has 1 aromatic carbocycles. The first-order valence-electron chi connectivity index (χ1n) is 6.14. The van der Waals surface area contributed by atoms with Gasteiger partial charge in [-0.2, -0.15) is 0 Å². The molecule has 1 saturated heterocycles. The van der Waals surface area contributed by atoms with Gasteiger partial charge in [0.2, 0.25) is 10.0 Å². The molecule has 1 atom stereocenters. The minimum Gasteiger partial charge on any atom is -0.316 e. The maximum Gasteiger partial charge on any atom is 0.242 e. The molecule has 2 rings (SSSR count). The van der Waals surface area contributed by atoms with Crippen molar-refractivity contribution in [2.45, 2.75) is 17.7 Å². The molecule has 7 heteroatoms. The number of nitrogens with one attached hydrogen (secondary N) is 2. The molecule has 0 radical (unpaired) electrons. The van der Waals surface area contributed by atoms with Gasteiger partial charge in [0.25, 0.3) is 0 Å². The Kier molecular flexibility index (Phi) is 4.78. The second kappa shape index (κ2) is 6.17. The number of rotatable bonds is 4. The van der Waals surface area contributed by atoms with Crippen molar-refractivity contribution < 1.29 is 12.8 Å².